The van der Waals surface area contributed by atoms with Crippen molar-refractivity contribution in [3.8, 4) is 0 Å². The summed E-state index contributed by atoms with van der Waals surface area (Å²) in [7, 11) is 0. The van der Waals surface area contributed by atoms with Gasteiger partial charge in [-0.2, -0.15) is 0 Å². The van der Waals surface area contributed by atoms with Crippen LogP contribution in [0.25, 0.3) is 11.6 Å². The van der Waals surface area contributed by atoms with E-state index in [4.69, 9.17) is 0 Å². The van der Waals surface area contributed by atoms with Gasteiger partial charge in [-0.1, -0.05) is 19.9 Å². The molecule has 1 aliphatic rings. The van der Waals surface area contributed by atoms with Crippen molar-refractivity contribution in [3.05, 3.63) is 57.7 Å². The van der Waals surface area contributed by atoms with E-state index < -0.39 is 0 Å². The van der Waals surface area contributed by atoms with Gasteiger partial charge in [-0.15, -0.1) is 0 Å². The highest BCUT2D eigenvalue weighted by Crippen LogP contribution is 2.32. The summed E-state index contributed by atoms with van der Waals surface area (Å²) < 4.78 is 13.7. The van der Waals surface area contributed by atoms with Crippen LogP contribution in [-0.4, -0.2) is 47.8 Å². The number of aryl methyl sites for hydroxylation is 1. The lowest BCUT2D eigenvalue weighted by Gasteiger charge is -2.18. The molecule has 5 nitrogen and oxygen atoms in total. The Morgan fingerprint density at radius 3 is 2.69 bits per heavy atom. The topological polar surface area (TPSA) is 65.2 Å². The molecule has 1 aliphatic carbocycles. The van der Waals surface area contributed by atoms with Crippen LogP contribution in [0.4, 0.5) is 4.39 Å². The molecule has 154 valence electrons. The second kappa shape index (κ2) is 8.74. The highest BCUT2D eigenvalue weighted by atomic mass is 19.1. The van der Waals surface area contributed by atoms with Crippen molar-refractivity contribution in [2.75, 3.05) is 26.2 Å². The number of allylic oxidation sites excluding steroid dienone is 1. The Bertz CT molecular complexity index is 971. The van der Waals surface area contributed by atoms with E-state index in [0.29, 0.717) is 28.9 Å². The molecule has 0 bridgehead atoms. The number of H-pyrrole nitrogens is 1. The number of hydrogen-bond donors (Lipinski definition) is 2. The van der Waals surface area contributed by atoms with Crippen molar-refractivity contribution in [1.82, 2.24) is 15.2 Å². The van der Waals surface area contributed by atoms with Gasteiger partial charge in [0.1, 0.15) is 5.82 Å². The van der Waals surface area contributed by atoms with Crippen LogP contribution in [0.15, 0.2) is 18.2 Å². The molecule has 2 N–H and O–H groups in total. The van der Waals surface area contributed by atoms with E-state index in [9.17, 15) is 14.0 Å². The van der Waals surface area contributed by atoms with Crippen molar-refractivity contribution < 1.29 is 14.0 Å². The van der Waals surface area contributed by atoms with Crippen LogP contribution in [0.5, 0.6) is 0 Å². The van der Waals surface area contributed by atoms with Gasteiger partial charge in [0, 0.05) is 36.5 Å². The molecule has 0 fully saturated rings. The fourth-order valence-electron chi connectivity index (χ4n) is 3.89. The average molecular weight is 397 g/mol. The van der Waals surface area contributed by atoms with Gasteiger partial charge in [-0.25, -0.2) is 4.39 Å². The van der Waals surface area contributed by atoms with Crippen LogP contribution in [0.1, 0.15) is 52.3 Å². The largest absolute Gasteiger partial charge is 0.358 e. The number of halogens is 1. The molecule has 6 heteroatoms. The number of hydrogen-bond acceptors (Lipinski definition) is 3. The van der Waals surface area contributed by atoms with Crippen molar-refractivity contribution in [2.45, 2.75) is 34.1 Å². The molecule has 0 spiro atoms. The maximum Gasteiger partial charge on any atom is 0.253 e. The fraction of sp³-hybridized carbons (Fsp3) is 0.391. The van der Waals surface area contributed by atoms with E-state index in [1.807, 2.05) is 13.8 Å². The third-order valence-corrected chi connectivity index (χ3v) is 5.61. The molecule has 0 unspecified atom stereocenters. The van der Waals surface area contributed by atoms with Gasteiger partial charge in [0.2, 0.25) is 0 Å². The molecule has 1 amide bonds. The number of Topliss-reactive ketones (excluding diaryl/α,β-unsaturated/α-hetero) is 1. The van der Waals surface area contributed by atoms with Crippen LogP contribution < -0.4 is 5.32 Å². The standard InChI is InChI=1S/C23H28FN3O2/c1-5-27(6-2)10-9-25-23(29)22-14(3)20(26-15(22)4)13-19-18-12-17(24)8-7-16(18)11-21(19)28/h7-8,12-13,26H,5-6,9-11H2,1-4H3,(H,25,29)/b19-13-. The van der Waals surface area contributed by atoms with E-state index >= 15 is 0 Å². The molecule has 0 atom stereocenters. The van der Waals surface area contributed by atoms with Crippen LogP contribution in [0.3, 0.4) is 0 Å². The van der Waals surface area contributed by atoms with Crippen LogP contribution in [0.2, 0.25) is 0 Å². The third-order valence-electron chi connectivity index (χ3n) is 5.61. The maximum absolute atomic E-state index is 13.7. The summed E-state index contributed by atoms with van der Waals surface area (Å²) in [6, 6.07) is 4.43. The van der Waals surface area contributed by atoms with Crippen LogP contribution in [-0.2, 0) is 11.2 Å². The maximum atomic E-state index is 13.7. The Morgan fingerprint density at radius 1 is 1.28 bits per heavy atom. The Balaban J connectivity index is 1.83. The average Bonchev–Trinajstić information content (AvgIpc) is 3.14. The van der Waals surface area contributed by atoms with Crippen LogP contribution in [0, 0.1) is 19.7 Å². The lowest BCUT2D eigenvalue weighted by molar-refractivity contribution is -0.112. The molecular formula is C23H28FN3O2. The minimum Gasteiger partial charge on any atom is -0.358 e. The second-order valence-electron chi connectivity index (χ2n) is 7.41. The number of rotatable bonds is 7. The Morgan fingerprint density at radius 2 is 2.00 bits per heavy atom. The van der Waals surface area contributed by atoms with E-state index in [1.165, 1.54) is 12.1 Å². The fourth-order valence-corrected chi connectivity index (χ4v) is 3.89. The Labute approximate surface area is 171 Å². The first-order valence-electron chi connectivity index (χ1n) is 10.1. The molecule has 2 aromatic rings. The van der Waals surface area contributed by atoms with Gasteiger partial charge in [0.25, 0.3) is 5.91 Å². The minimum atomic E-state index is -0.364. The van der Waals surface area contributed by atoms with Crippen molar-refractivity contribution in [1.29, 1.82) is 0 Å². The predicted octanol–water partition coefficient (Wildman–Crippen LogP) is 3.51. The van der Waals surface area contributed by atoms with Gasteiger partial charge in [-0.05, 0) is 61.8 Å². The van der Waals surface area contributed by atoms with E-state index in [-0.39, 0.29) is 23.9 Å². The molecule has 0 aliphatic heterocycles. The Kier molecular flexibility index (Phi) is 6.33. The van der Waals surface area contributed by atoms with Gasteiger partial charge < -0.3 is 15.2 Å². The van der Waals surface area contributed by atoms with Gasteiger partial charge in [-0.3, -0.25) is 9.59 Å². The minimum absolute atomic E-state index is 0.0394. The highest BCUT2D eigenvalue weighted by molar-refractivity contribution is 6.29. The first-order chi connectivity index (χ1) is 13.8. The zero-order chi connectivity index (χ0) is 21.1. The monoisotopic (exact) mass is 397 g/mol. The second-order valence-corrected chi connectivity index (χ2v) is 7.41. The van der Waals surface area contributed by atoms with Crippen molar-refractivity contribution in [2.24, 2.45) is 0 Å². The van der Waals surface area contributed by atoms with Gasteiger partial charge in [0.15, 0.2) is 5.78 Å². The summed E-state index contributed by atoms with van der Waals surface area (Å²) in [6.45, 7) is 11.2. The summed E-state index contributed by atoms with van der Waals surface area (Å²) in [5.41, 5.74) is 4.79. The number of nitrogens with one attached hydrogen (secondary N) is 2. The molecule has 29 heavy (non-hydrogen) atoms. The molecule has 0 radical (unpaired) electrons. The van der Waals surface area contributed by atoms with Crippen LogP contribution >= 0.6 is 0 Å². The lowest BCUT2D eigenvalue weighted by atomic mass is 10.0. The first-order valence-corrected chi connectivity index (χ1v) is 10.1. The van der Waals surface area contributed by atoms with Crippen molar-refractivity contribution >= 4 is 23.3 Å². The van der Waals surface area contributed by atoms with E-state index in [1.54, 1.807) is 12.1 Å². The zero-order valence-corrected chi connectivity index (χ0v) is 17.5. The van der Waals surface area contributed by atoms with Gasteiger partial charge in [0.05, 0.1) is 5.56 Å². The van der Waals surface area contributed by atoms with E-state index in [0.717, 1.165) is 36.5 Å². The molecule has 0 saturated heterocycles. The molecule has 1 aromatic carbocycles. The number of aromatic nitrogens is 1. The Hall–Kier alpha value is -2.73. The number of fused-ring (bicyclic) bond motifs is 1. The smallest absolute Gasteiger partial charge is 0.253 e. The first kappa shape index (κ1) is 21.0. The number of aromatic amines is 1. The highest BCUT2D eigenvalue weighted by Gasteiger charge is 2.26. The summed E-state index contributed by atoms with van der Waals surface area (Å²) in [5.74, 6) is -0.531. The number of amides is 1. The lowest BCUT2D eigenvalue weighted by Crippen LogP contribution is -2.35. The normalized spacial score (nSPS) is 14.7. The number of nitrogens with zero attached hydrogens (tertiary/aromatic N) is 1. The number of carbonyl (C=O) groups excluding carboxylic acids is 2. The zero-order valence-electron chi connectivity index (χ0n) is 17.5. The number of ketones is 1. The summed E-state index contributed by atoms with van der Waals surface area (Å²) >= 11 is 0. The number of benzene rings is 1. The SMILES string of the molecule is CCN(CC)CCNC(=O)c1c(C)[nH]c(/C=C2\C(=O)Cc3ccc(F)cc32)c1C. The summed E-state index contributed by atoms with van der Waals surface area (Å²) in [4.78, 5) is 30.6. The quantitative estimate of drug-likeness (QED) is 0.703. The van der Waals surface area contributed by atoms with Gasteiger partial charge >= 0.3 is 0 Å². The predicted molar refractivity (Wildman–Crippen MR) is 113 cm³/mol. The molecule has 1 aromatic heterocycles. The molecule has 3 rings (SSSR count). The van der Waals surface area contributed by atoms with Crippen molar-refractivity contribution in [3.63, 3.8) is 0 Å². The summed E-state index contributed by atoms with van der Waals surface area (Å²) in [5, 5.41) is 2.98. The summed E-state index contributed by atoms with van der Waals surface area (Å²) in [6.07, 6.45) is 2.02. The third kappa shape index (κ3) is 4.32. The molecular weight excluding hydrogens is 369 g/mol. The van der Waals surface area contributed by atoms with E-state index in [2.05, 4.69) is 29.0 Å². The molecule has 1 heterocycles. The molecule has 0 saturated carbocycles. The number of likely N-dealkylation sites (N-methyl/N-ethyl adjacent to an activating group) is 1. The number of carbonyl (C=O) groups is 2.